The molecule has 15 heavy (non-hydrogen) atoms. The van der Waals surface area contributed by atoms with Crippen LogP contribution < -0.4 is 0 Å². The van der Waals surface area contributed by atoms with Gasteiger partial charge < -0.3 is 4.74 Å². The van der Waals surface area contributed by atoms with Gasteiger partial charge in [0.15, 0.2) is 0 Å². The van der Waals surface area contributed by atoms with E-state index < -0.39 is 29.5 Å². The summed E-state index contributed by atoms with van der Waals surface area (Å²) in [5.74, 6) is -1.84. The smallest absolute Gasteiger partial charge is 0.340 e. The lowest BCUT2D eigenvalue weighted by Gasteiger charge is -2.09. The monoisotopic (exact) mass is 219 g/mol. The molecule has 0 atom stereocenters. The van der Waals surface area contributed by atoms with Crippen molar-refractivity contribution in [1.29, 1.82) is 0 Å². The number of aromatic nitrogens is 1. The van der Waals surface area contributed by atoms with Crippen molar-refractivity contribution in [3.05, 3.63) is 28.8 Å². The number of esters is 1. The number of ether oxygens (including phenoxy) is 1. The van der Waals surface area contributed by atoms with Crippen LogP contribution in [0, 0.1) is 12.7 Å². The molecule has 0 aliphatic rings. The number of rotatable bonds is 2. The molecule has 0 N–H and O–H groups in total. The van der Waals surface area contributed by atoms with Crippen LogP contribution in [-0.4, -0.2) is 18.1 Å². The Hall–Kier alpha value is -1.59. The van der Waals surface area contributed by atoms with E-state index in [1.165, 1.54) is 6.92 Å². The van der Waals surface area contributed by atoms with Gasteiger partial charge in [0.05, 0.1) is 18.9 Å². The fraction of sp³-hybridized carbons (Fsp3) is 0.333. The van der Waals surface area contributed by atoms with E-state index >= 15 is 0 Å². The fourth-order valence-electron chi connectivity index (χ4n) is 1.12. The molecule has 0 amide bonds. The van der Waals surface area contributed by atoms with Crippen LogP contribution in [-0.2, 0) is 4.74 Å². The zero-order chi connectivity index (χ0) is 11.6. The molecule has 0 aromatic carbocycles. The van der Waals surface area contributed by atoms with Crippen molar-refractivity contribution in [2.45, 2.75) is 13.3 Å². The van der Waals surface area contributed by atoms with Crippen molar-refractivity contribution in [2.24, 2.45) is 0 Å². The molecule has 0 aliphatic carbocycles. The number of carbonyl (C=O) groups is 1. The summed E-state index contributed by atoms with van der Waals surface area (Å²) in [7, 11) is 1.03. The zero-order valence-corrected chi connectivity index (χ0v) is 8.05. The Morgan fingerprint density at radius 2 is 2.13 bits per heavy atom. The van der Waals surface area contributed by atoms with Gasteiger partial charge in [-0.25, -0.2) is 18.0 Å². The Bertz CT molecular complexity index is 393. The van der Waals surface area contributed by atoms with Gasteiger partial charge in [-0.05, 0) is 6.92 Å². The molecule has 1 aromatic heterocycles. The molecule has 1 heterocycles. The summed E-state index contributed by atoms with van der Waals surface area (Å²) < 4.78 is 42.2. The molecule has 0 aliphatic heterocycles. The lowest BCUT2D eigenvalue weighted by Crippen LogP contribution is -2.12. The van der Waals surface area contributed by atoms with Crippen molar-refractivity contribution in [3.63, 3.8) is 0 Å². The largest absolute Gasteiger partial charge is 0.465 e. The number of nitrogens with zero attached hydrogens (tertiary/aromatic N) is 1. The minimum atomic E-state index is -2.95. The molecule has 1 aromatic rings. The van der Waals surface area contributed by atoms with Gasteiger partial charge in [-0.1, -0.05) is 0 Å². The summed E-state index contributed by atoms with van der Waals surface area (Å²) in [5, 5.41) is 0. The van der Waals surface area contributed by atoms with E-state index in [1.807, 2.05) is 0 Å². The van der Waals surface area contributed by atoms with Crippen LogP contribution >= 0.6 is 0 Å². The third-order valence-electron chi connectivity index (χ3n) is 1.90. The molecule has 6 heteroatoms. The molecule has 0 unspecified atom stereocenters. The highest BCUT2D eigenvalue weighted by atomic mass is 19.3. The van der Waals surface area contributed by atoms with Gasteiger partial charge >= 0.3 is 5.97 Å². The molecular weight excluding hydrogens is 211 g/mol. The number of carbonyl (C=O) groups excluding carboxylic acids is 1. The lowest BCUT2D eigenvalue weighted by atomic mass is 10.1. The first kappa shape index (κ1) is 11.5. The molecule has 0 spiro atoms. The van der Waals surface area contributed by atoms with Gasteiger partial charge in [0.25, 0.3) is 6.43 Å². The summed E-state index contributed by atoms with van der Waals surface area (Å²) in [6, 6.07) is 0. The van der Waals surface area contributed by atoms with Crippen molar-refractivity contribution in [2.75, 3.05) is 7.11 Å². The van der Waals surface area contributed by atoms with Gasteiger partial charge in [0, 0.05) is 5.56 Å². The molecule has 0 fully saturated rings. The normalized spacial score (nSPS) is 10.5. The summed E-state index contributed by atoms with van der Waals surface area (Å²) in [6.45, 7) is 1.22. The van der Waals surface area contributed by atoms with Crippen molar-refractivity contribution < 1.29 is 22.7 Å². The van der Waals surface area contributed by atoms with E-state index in [1.54, 1.807) is 0 Å². The molecule has 0 saturated carbocycles. The summed E-state index contributed by atoms with van der Waals surface area (Å²) in [4.78, 5) is 14.3. The number of hydrogen-bond acceptors (Lipinski definition) is 3. The number of halogens is 3. The van der Waals surface area contributed by atoms with E-state index in [2.05, 4.69) is 9.72 Å². The number of hydrogen-bond donors (Lipinski definition) is 0. The van der Waals surface area contributed by atoms with Gasteiger partial charge in [-0.15, -0.1) is 0 Å². The average molecular weight is 219 g/mol. The number of methoxy groups -OCH3 is 1. The zero-order valence-electron chi connectivity index (χ0n) is 8.05. The van der Waals surface area contributed by atoms with E-state index in [4.69, 9.17) is 0 Å². The highest BCUT2D eigenvalue weighted by Crippen LogP contribution is 2.24. The lowest BCUT2D eigenvalue weighted by molar-refractivity contribution is 0.0585. The second-order valence-corrected chi connectivity index (χ2v) is 2.78. The standard InChI is InChI=1S/C9H8F3NO2/c1-4-5(10)3-13-7(8(11)12)6(4)9(14)15-2/h3,8H,1-2H3. The summed E-state index contributed by atoms with van der Waals surface area (Å²) in [6.07, 6.45) is -2.29. The highest BCUT2D eigenvalue weighted by molar-refractivity contribution is 5.92. The van der Waals surface area contributed by atoms with Gasteiger partial charge in [0.2, 0.25) is 0 Å². The first-order valence-electron chi connectivity index (χ1n) is 4.00. The molecule has 82 valence electrons. The third kappa shape index (κ3) is 2.08. The maximum Gasteiger partial charge on any atom is 0.340 e. The Morgan fingerprint density at radius 3 is 2.60 bits per heavy atom. The van der Waals surface area contributed by atoms with E-state index in [0.717, 1.165) is 7.11 Å². The summed E-state index contributed by atoms with van der Waals surface area (Å²) in [5.41, 5.74) is -1.46. The van der Waals surface area contributed by atoms with Crippen LogP contribution in [0.1, 0.15) is 28.0 Å². The maximum atomic E-state index is 13.0. The minimum absolute atomic E-state index is 0.188. The molecule has 0 radical (unpaired) electrons. The van der Waals surface area contributed by atoms with Crippen LogP contribution in [0.4, 0.5) is 13.2 Å². The second-order valence-electron chi connectivity index (χ2n) is 2.78. The molecular formula is C9H8F3NO2. The predicted octanol–water partition coefficient (Wildman–Crippen LogP) is 2.25. The predicted molar refractivity (Wildman–Crippen MR) is 45.2 cm³/mol. The first-order chi connectivity index (χ1) is 6.99. The van der Waals surface area contributed by atoms with Crippen molar-refractivity contribution >= 4 is 5.97 Å². The quantitative estimate of drug-likeness (QED) is 0.716. The van der Waals surface area contributed by atoms with E-state index in [0.29, 0.717) is 6.20 Å². The number of alkyl halides is 2. The van der Waals surface area contributed by atoms with Crippen LogP contribution in [0.25, 0.3) is 0 Å². The first-order valence-corrected chi connectivity index (χ1v) is 4.00. The van der Waals surface area contributed by atoms with Crippen molar-refractivity contribution in [1.82, 2.24) is 4.98 Å². The van der Waals surface area contributed by atoms with Crippen LogP contribution in [0.3, 0.4) is 0 Å². The Morgan fingerprint density at radius 1 is 1.53 bits per heavy atom. The third-order valence-corrected chi connectivity index (χ3v) is 1.90. The topological polar surface area (TPSA) is 39.2 Å². The van der Waals surface area contributed by atoms with E-state index in [-0.39, 0.29) is 5.56 Å². The highest BCUT2D eigenvalue weighted by Gasteiger charge is 2.24. The average Bonchev–Trinajstić information content (AvgIpc) is 2.20. The molecule has 1 rings (SSSR count). The van der Waals surface area contributed by atoms with Gasteiger partial charge in [-0.2, -0.15) is 0 Å². The van der Waals surface area contributed by atoms with Gasteiger partial charge in [0.1, 0.15) is 11.5 Å². The molecule has 0 saturated heterocycles. The maximum absolute atomic E-state index is 13.0. The molecule has 0 bridgehead atoms. The minimum Gasteiger partial charge on any atom is -0.465 e. The van der Waals surface area contributed by atoms with Crippen LogP contribution in [0.15, 0.2) is 6.20 Å². The van der Waals surface area contributed by atoms with Crippen LogP contribution in [0.5, 0.6) is 0 Å². The summed E-state index contributed by atoms with van der Waals surface area (Å²) >= 11 is 0. The molecule has 3 nitrogen and oxygen atoms in total. The second kappa shape index (κ2) is 4.29. The SMILES string of the molecule is COC(=O)c1c(C(F)F)ncc(F)c1C. The number of pyridine rings is 1. The fourth-order valence-corrected chi connectivity index (χ4v) is 1.12. The Kier molecular flexibility index (Phi) is 3.28. The van der Waals surface area contributed by atoms with E-state index in [9.17, 15) is 18.0 Å². The Labute approximate surface area is 83.9 Å². The van der Waals surface area contributed by atoms with Crippen LogP contribution in [0.2, 0.25) is 0 Å². The van der Waals surface area contributed by atoms with Crippen molar-refractivity contribution in [3.8, 4) is 0 Å². The Balaban J connectivity index is 3.41. The van der Waals surface area contributed by atoms with Gasteiger partial charge in [-0.3, -0.25) is 4.98 Å².